The van der Waals surface area contributed by atoms with Gasteiger partial charge in [-0.3, -0.25) is 0 Å². The topological polar surface area (TPSA) is 12.4 Å². The minimum Gasteiger partial charge on any atom is -0.203 e. The lowest BCUT2D eigenvalue weighted by Crippen LogP contribution is -2.34. The summed E-state index contributed by atoms with van der Waals surface area (Å²) in [7, 11) is 4.26. The van der Waals surface area contributed by atoms with Crippen molar-refractivity contribution >= 4 is 6.21 Å². The van der Waals surface area contributed by atoms with E-state index in [2.05, 4.69) is 49.5 Å². The Morgan fingerprint density at radius 2 is 1.87 bits per heavy atom. The SMILES string of the molecule is C/C=N/[N+](C)(C)CCCc1ccccc1. The van der Waals surface area contributed by atoms with Gasteiger partial charge in [0.1, 0.15) is 6.54 Å². The second kappa shape index (κ2) is 5.66. The normalized spacial score (nSPS) is 12.2. The number of nitrogens with zero attached hydrogens (tertiary/aromatic N) is 2. The van der Waals surface area contributed by atoms with E-state index in [1.54, 1.807) is 0 Å². The van der Waals surface area contributed by atoms with Gasteiger partial charge in [0.15, 0.2) is 0 Å². The zero-order valence-electron chi connectivity index (χ0n) is 9.98. The van der Waals surface area contributed by atoms with Crippen molar-refractivity contribution in [3.63, 3.8) is 0 Å². The highest BCUT2D eigenvalue weighted by Crippen LogP contribution is 2.06. The van der Waals surface area contributed by atoms with Crippen LogP contribution in [0, 0.1) is 0 Å². The molecule has 0 aliphatic heterocycles. The molecule has 0 amide bonds. The quantitative estimate of drug-likeness (QED) is 0.398. The van der Waals surface area contributed by atoms with Crippen LogP contribution in [0.15, 0.2) is 35.4 Å². The summed E-state index contributed by atoms with van der Waals surface area (Å²) in [4.78, 5) is 0. The van der Waals surface area contributed by atoms with Gasteiger partial charge >= 0.3 is 0 Å². The van der Waals surface area contributed by atoms with E-state index in [4.69, 9.17) is 0 Å². The van der Waals surface area contributed by atoms with E-state index in [0.717, 1.165) is 17.6 Å². The van der Waals surface area contributed by atoms with Gasteiger partial charge in [-0.1, -0.05) is 35.4 Å². The zero-order chi connectivity index (χ0) is 11.1. The summed E-state index contributed by atoms with van der Waals surface area (Å²) in [5, 5.41) is 4.40. The molecule has 0 saturated carbocycles. The van der Waals surface area contributed by atoms with E-state index in [-0.39, 0.29) is 0 Å². The number of rotatable bonds is 5. The van der Waals surface area contributed by atoms with Gasteiger partial charge in [0, 0.05) is 6.42 Å². The Morgan fingerprint density at radius 3 is 2.47 bits per heavy atom. The fourth-order valence-corrected chi connectivity index (χ4v) is 1.69. The molecule has 1 aromatic carbocycles. The van der Waals surface area contributed by atoms with Crippen LogP contribution in [-0.2, 0) is 6.42 Å². The predicted octanol–water partition coefficient (Wildman–Crippen LogP) is 2.70. The molecule has 0 aromatic heterocycles. The van der Waals surface area contributed by atoms with Crippen LogP contribution in [0.5, 0.6) is 0 Å². The average Bonchev–Trinajstić information content (AvgIpc) is 2.19. The van der Waals surface area contributed by atoms with Gasteiger partial charge in [-0.25, -0.2) is 4.59 Å². The molecule has 82 valence electrons. The summed E-state index contributed by atoms with van der Waals surface area (Å²) in [5.74, 6) is 0. The highest BCUT2D eigenvalue weighted by Gasteiger charge is 2.11. The largest absolute Gasteiger partial charge is 0.203 e. The highest BCUT2D eigenvalue weighted by molar-refractivity contribution is 5.52. The molecule has 0 aliphatic carbocycles. The minimum absolute atomic E-state index is 0.726. The summed E-state index contributed by atoms with van der Waals surface area (Å²) >= 11 is 0. The molecular weight excluding hydrogens is 184 g/mol. The molecule has 2 nitrogen and oxygen atoms in total. The summed E-state index contributed by atoms with van der Waals surface area (Å²) in [6, 6.07) is 10.6. The zero-order valence-corrected chi connectivity index (χ0v) is 9.98. The van der Waals surface area contributed by atoms with Crippen molar-refractivity contribution in [2.45, 2.75) is 19.8 Å². The second-order valence-corrected chi connectivity index (χ2v) is 4.31. The van der Waals surface area contributed by atoms with Crippen LogP contribution < -0.4 is 0 Å². The fraction of sp³-hybridized carbons (Fsp3) is 0.462. The summed E-state index contributed by atoms with van der Waals surface area (Å²) in [5.41, 5.74) is 1.41. The van der Waals surface area contributed by atoms with Crippen LogP contribution in [0.25, 0.3) is 0 Å². The molecule has 0 N–H and O–H groups in total. The lowest BCUT2D eigenvalue weighted by atomic mass is 10.1. The molecule has 1 aromatic rings. The van der Waals surface area contributed by atoms with Crippen LogP contribution in [-0.4, -0.2) is 31.4 Å². The monoisotopic (exact) mass is 205 g/mol. The van der Waals surface area contributed by atoms with Crippen molar-refractivity contribution < 1.29 is 4.59 Å². The first kappa shape index (κ1) is 11.9. The molecule has 0 spiro atoms. The maximum Gasteiger partial charge on any atom is 0.103 e. The molecule has 2 heteroatoms. The van der Waals surface area contributed by atoms with Gasteiger partial charge in [-0.15, -0.1) is 0 Å². The van der Waals surface area contributed by atoms with Crippen molar-refractivity contribution in [2.75, 3.05) is 20.6 Å². The van der Waals surface area contributed by atoms with Crippen molar-refractivity contribution in [1.82, 2.24) is 0 Å². The Morgan fingerprint density at radius 1 is 1.20 bits per heavy atom. The van der Waals surface area contributed by atoms with E-state index in [0.29, 0.717) is 0 Å². The summed E-state index contributed by atoms with van der Waals surface area (Å²) < 4.78 is 0.726. The molecule has 0 radical (unpaired) electrons. The predicted molar refractivity (Wildman–Crippen MR) is 65.9 cm³/mol. The van der Waals surface area contributed by atoms with Crippen molar-refractivity contribution in [1.29, 1.82) is 0 Å². The van der Waals surface area contributed by atoms with Gasteiger partial charge in [-0.2, -0.15) is 0 Å². The van der Waals surface area contributed by atoms with Crippen molar-refractivity contribution in [3.8, 4) is 0 Å². The fourth-order valence-electron chi connectivity index (χ4n) is 1.69. The number of hydrogen-bond donors (Lipinski definition) is 0. The lowest BCUT2D eigenvalue weighted by Gasteiger charge is -2.21. The van der Waals surface area contributed by atoms with Gasteiger partial charge in [-0.05, 0) is 18.9 Å². The average molecular weight is 205 g/mol. The summed E-state index contributed by atoms with van der Waals surface area (Å²) in [6.07, 6.45) is 4.19. The van der Waals surface area contributed by atoms with Crippen LogP contribution in [0.1, 0.15) is 18.9 Å². The van der Waals surface area contributed by atoms with E-state index in [1.165, 1.54) is 12.0 Å². The second-order valence-electron chi connectivity index (χ2n) is 4.31. The molecule has 0 atom stereocenters. The van der Waals surface area contributed by atoms with Gasteiger partial charge in [0.05, 0.1) is 20.3 Å². The van der Waals surface area contributed by atoms with E-state index in [9.17, 15) is 0 Å². The third-order valence-corrected chi connectivity index (χ3v) is 2.44. The third-order valence-electron chi connectivity index (χ3n) is 2.44. The van der Waals surface area contributed by atoms with Crippen LogP contribution in [0.4, 0.5) is 0 Å². The molecule has 15 heavy (non-hydrogen) atoms. The minimum atomic E-state index is 0.726. The Bertz CT molecular complexity index is 302. The molecule has 0 saturated heterocycles. The van der Waals surface area contributed by atoms with Crippen LogP contribution in [0.3, 0.4) is 0 Å². The molecule has 1 rings (SSSR count). The molecule has 0 heterocycles. The standard InChI is InChI=1S/C13H21N2/c1-4-14-15(2,3)12-8-11-13-9-6-5-7-10-13/h4-7,9-10H,8,11-12H2,1-3H3/q+1/b14-4+. The Hall–Kier alpha value is -1.15. The first-order valence-electron chi connectivity index (χ1n) is 5.51. The smallest absolute Gasteiger partial charge is 0.103 e. The number of quaternary nitrogens is 1. The molecular formula is C13H21N2+. The third kappa shape index (κ3) is 4.75. The highest BCUT2D eigenvalue weighted by atomic mass is 15.6. The molecule has 0 fully saturated rings. The van der Waals surface area contributed by atoms with Crippen LogP contribution in [0.2, 0.25) is 0 Å². The number of benzene rings is 1. The van der Waals surface area contributed by atoms with Crippen molar-refractivity contribution in [3.05, 3.63) is 35.9 Å². The maximum absolute atomic E-state index is 4.40. The Balaban J connectivity index is 2.34. The molecule has 0 bridgehead atoms. The maximum atomic E-state index is 4.40. The molecule has 0 unspecified atom stereocenters. The molecule has 0 aliphatic rings. The van der Waals surface area contributed by atoms with E-state index >= 15 is 0 Å². The first-order chi connectivity index (χ1) is 7.14. The number of aryl methyl sites for hydroxylation is 1. The number of hydrogen-bond acceptors (Lipinski definition) is 1. The first-order valence-corrected chi connectivity index (χ1v) is 5.51. The van der Waals surface area contributed by atoms with Gasteiger partial charge in [0.2, 0.25) is 0 Å². The lowest BCUT2D eigenvalue weighted by molar-refractivity contribution is -0.896. The summed E-state index contributed by atoms with van der Waals surface area (Å²) in [6.45, 7) is 3.05. The van der Waals surface area contributed by atoms with Crippen LogP contribution >= 0.6 is 0 Å². The Kier molecular flexibility index (Phi) is 4.50. The van der Waals surface area contributed by atoms with Gasteiger partial charge in [0.25, 0.3) is 0 Å². The van der Waals surface area contributed by atoms with E-state index in [1.807, 2.05) is 13.1 Å². The van der Waals surface area contributed by atoms with Gasteiger partial charge < -0.3 is 0 Å². The Labute approximate surface area is 92.8 Å². The van der Waals surface area contributed by atoms with Crippen molar-refractivity contribution in [2.24, 2.45) is 5.10 Å². The van der Waals surface area contributed by atoms with E-state index < -0.39 is 0 Å².